The lowest BCUT2D eigenvalue weighted by atomic mass is 10.0. The molecule has 1 aromatic heterocycles. The van der Waals surface area contributed by atoms with E-state index in [1.165, 1.54) is 24.7 Å². The lowest BCUT2D eigenvalue weighted by molar-refractivity contribution is -0.125. The van der Waals surface area contributed by atoms with Crippen LogP contribution in [0.15, 0.2) is 41.2 Å². The number of hydrogen-bond acceptors (Lipinski definition) is 4. The van der Waals surface area contributed by atoms with Crippen LogP contribution in [0.3, 0.4) is 0 Å². The highest BCUT2D eigenvalue weighted by atomic mass is 35.5. The van der Waals surface area contributed by atoms with Crippen molar-refractivity contribution in [3.63, 3.8) is 0 Å². The van der Waals surface area contributed by atoms with Crippen molar-refractivity contribution in [1.29, 1.82) is 0 Å². The lowest BCUT2D eigenvalue weighted by Crippen LogP contribution is -2.41. The molecule has 0 spiro atoms. The Morgan fingerprint density at radius 2 is 2.11 bits per heavy atom. The maximum Gasteiger partial charge on any atom is 0.254 e. The summed E-state index contributed by atoms with van der Waals surface area (Å²) >= 11 is 6.01. The van der Waals surface area contributed by atoms with Gasteiger partial charge in [-0.15, -0.1) is 0 Å². The maximum absolute atomic E-state index is 13.1. The van der Waals surface area contributed by atoms with Gasteiger partial charge in [-0.3, -0.25) is 9.59 Å². The number of likely N-dealkylation sites (tertiary alicyclic amines) is 1. The first-order chi connectivity index (χ1) is 13.4. The summed E-state index contributed by atoms with van der Waals surface area (Å²) in [7, 11) is 1.93. The second kappa shape index (κ2) is 9.21. The molecule has 28 heavy (non-hydrogen) atoms. The van der Waals surface area contributed by atoms with Gasteiger partial charge in [0, 0.05) is 30.7 Å². The van der Waals surface area contributed by atoms with Gasteiger partial charge < -0.3 is 20.0 Å². The summed E-state index contributed by atoms with van der Waals surface area (Å²) in [5.41, 5.74) is 1.15. The SMILES string of the molecule is CN1C[C@@H](NC(=O)c2ccoc2)CC[C@@H](C(=O)NCc2ccc(F)cc2Cl)C1. The normalized spacial score (nSPS) is 20.4. The Morgan fingerprint density at radius 3 is 2.82 bits per heavy atom. The Kier molecular flexibility index (Phi) is 6.70. The van der Waals surface area contributed by atoms with Gasteiger partial charge in [-0.2, -0.15) is 0 Å². The first-order valence-corrected chi connectivity index (χ1v) is 9.53. The lowest BCUT2D eigenvalue weighted by Gasteiger charge is -2.21. The third-order valence-corrected chi connectivity index (χ3v) is 5.24. The van der Waals surface area contributed by atoms with Gasteiger partial charge in [-0.05, 0) is 43.7 Å². The molecule has 2 amide bonds. The number of hydrogen-bond donors (Lipinski definition) is 2. The highest BCUT2D eigenvalue weighted by molar-refractivity contribution is 6.31. The number of likely N-dealkylation sites (N-methyl/N-ethyl adjacent to an activating group) is 1. The first-order valence-electron chi connectivity index (χ1n) is 9.15. The van der Waals surface area contributed by atoms with E-state index in [4.69, 9.17) is 16.0 Å². The van der Waals surface area contributed by atoms with Crippen molar-refractivity contribution in [2.45, 2.75) is 25.4 Å². The molecule has 2 aromatic rings. The Morgan fingerprint density at radius 1 is 1.29 bits per heavy atom. The zero-order chi connectivity index (χ0) is 20.1. The predicted molar refractivity (Wildman–Crippen MR) is 103 cm³/mol. The fraction of sp³-hybridized carbons (Fsp3) is 0.400. The molecule has 0 bridgehead atoms. The topological polar surface area (TPSA) is 74.6 Å². The van der Waals surface area contributed by atoms with Crippen molar-refractivity contribution in [3.05, 3.63) is 58.8 Å². The van der Waals surface area contributed by atoms with Crippen LogP contribution in [0.5, 0.6) is 0 Å². The molecule has 0 aliphatic carbocycles. The zero-order valence-corrected chi connectivity index (χ0v) is 16.3. The first kappa shape index (κ1) is 20.4. The highest BCUT2D eigenvalue weighted by Gasteiger charge is 2.27. The molecule has 1 aliphatic heterocycles. The minimum Gasteiger partial charge on any atom is -0.472 e. The number of carbonyl (C=O) groups is 2. The molecular weight excluding hydrogens is 385 g/mol. The monoisotopic (exact) mass is 407 g/mol. The number of carbonyl (C=O) groups excluding carboxylic acids is 2. The van der Waals surface area contributed by atoms with Crippen LogP contribution in [0.25, 0.3) is 0 Å². The van der Waals surface area contributed by atoms with Gasteiger partial charge in [0.05, 0.1) is 17.7 Å². The van der Waals surface area contributed by atoms with Crippen LogP contribution in [-0.4, -0.2) is 42.9 Å². The molecule has 150 valence electrons. The number of rotatable bonds is 5. The molecule has 1 saturated heterocycles. The average Bonchev–Trinajstić information content (AvgIpc) is 3.12. The number of halogens is 2. The summed E-state index contributed by atoms with van der Waals surface area (Å²) < 4.78 is 18.1. The third kappa shape index (κ3) is 5.33. The van der Waals surface area contributed by atoms with Gasteiger partial charge in [0.15, 0.2) is 0 Å². The molecule has 1 fully saturated rings. The minimum absolute atomic E-state index is 0.0447. The molecule has 0 unspecified atom stereocenters. The fourth-order valence-electron chi connectivity index (χ4n) is 3.40. The van der Waals surface area contributed by atoms with Crippen LogP contribution >= 0.6 is 11.6 Å². The molecule has 1 aliphatic rings. The molecule has 2 atom stereocenters. The van der Waals surface area contributed by atoms with Crippen molar-refractivity contribution < 1.29 is 18.4 Å². The minimum atomic E-state index is -0.408. The standard InChI is InChI=1S/C20H23ClFN3O3/c1-25-10-14(19(26)23-9-13-2-4-16(22)8-18(13)21)3-5-17(11-25)24-20(27)15-6-7-28-12-15/h2,4,6-8,12,14,17H,3,5,9-11H2,1H3,(H,23,26)(H,24,27)/t14-,17+/m1/s1. The Balaban J connectivity index is 1.53. The van der Waals surface area contributed by atoms with E-state index in [1.54, 1.807) is 12.1 Å². The Bertz CT molecular complexity index is 828. The molecule has 2 heterocycles. The van der Waals surface area contributed by atoms with Crippen molar-refractivity contribution in [1.82, 2.24) is 15.5 Å². The van der Waals surface area contributed by atoms with E-state index in [0.717, 1.165) is 0 Å². The Hall–Kier alpha value is -2.38. The van der Waals surface area contributed by atoms with Crippen LogP contribution in [0, 0.1) is 11.7 Å². The largest absolute Gasteiger partial charge is 0.472 e. The van der Waals surface area contributed by atoms with E-state index in [1.807, 2.05) is 11.9 Å². The average molecular weight is 408 g/mol. The van der Waals surface area contributed by atoms with Crippen LogP contribution in [0.2, 0.25) is 5.02 Å². The second-order valence-corrected chi connectivity index (χ2v) is 7.54. The quantitative estimate of drug-likeness (QED) is 0.799. The van der Waals surface area contributed by atoms with Crippen molar-refractivity contribution in [2.75, 3.05) is 20.1 Å². The summed E-state index contributed by atoms with van der Waals surface area (Å²) in [4.78, 5) is 26.9. The third-order valence-electron chi connectivity index (χ3n) is 4.89. The van der Waals surface area contributed by atoms with Crippen molar-refractivity contribution in [2.24, 2.45) is 5.92 Å². The van der Waals surface area contributed by atoms with Gasteiger partial charge in [0.1, 0.15) is 12.1 Å². The van der Waals surface area contributed by atoms with Gasteiger partial charge >= 0.3 is 0 Å². The van der Waals surface area contributed by atoms with E-state index in [0.29, 0.717) is 42.1 Å². The molecule has 8 heteroatoms. The van der Waals surface area contributed by atoms with Crippen LogP contribution in [0.1, 0.15) is 28.8 Å². The van der Waals surface area contributed by atoms with E-state index < -0.39 is 5.82 Å². The van der Waals surface area contributed by atoms with Gasteiger partial charge in [0.2, 0.25) is 5.91 Å². The van der Waals surface area contributed by atoms with Crippen molar-refractivity contribution in [3.8, 4) is 0 Å². The molecule has 6 nitrogen and oxygen atoms in total. The molecular formula is C20H23ClFN3O3. The maximum atomic E-state index is 13.1. The second-order valence-electron chi connectivity index (χ2n) is 7.13. The summed E-state index contributed by atoms with van der Waals surface area (Å²) in [6.07, 6.45) is 4.22. The number of nitrogens with zero attached hydrogens (tertiary/aromatic N) is 1. The Labute approximate surface area is 168 Å². The molecule has 0 saturated carbocycles. The van der Waals surface area contributed by atoms with Crippen LogP contribution < -0.4 is 10.6 Å². The number of nitrogens with one attached hydrogen (secondary N) is 2. The molecule has 1 aromatic carbocycles. The van der Waals surface area contributed by atoms with E-state index in [2.05, 4.69) is 10.6 Å². The molecule has 3 rings (SSSR count). The predicted octanol–water partition coefficient (Wildman–Crippen LogP) is 2.83. The van der Waals surface area contributed by atoms with Gasteiger partial charge in [-0.25, -0.2) is 4.39 Å². The molecule has 2 N–H and O–H groups in total. The highest BCUT2D eigenvalue weighted by Crippen LogP contribution is 2.19. The van der Waals surface area contributed by atoms with Crippen LogP contribution in [-0.2, 0) is 11.3 Å². The van der Waals surface area contributed by atoms with E-state index >= 15 is 0 Å². The van der Waals surface area contributed by atoms with Gasteiger partial charge in [-0.1, -0.05) is 17.7 Å². The number of furan rings is 1. The van der Waals surface area contributed by atoms with Crippen molar-refractivity contribution >= 4 is 23.4 Å². The molecule has 0 radical (unpaired) electrons. The number of benzene rings is 1. The van der Waals surface area contributed by atoms with Gasteiger partial charge in [0.25, 0.3) is 5.91 Å². The summed E-state index contributed by atoms with van der Waals surface area (Å²) in [6.45, 7) is 1.51. The fourth-order valence-corrected chi connectivity index (χ4v) is 3.63. The van der Waals surface area contributed by atoms with Crippen LogP contribution in [0.4, 0.5) is 4.39 Å². The summed E-state index contributed by atoms with van der Waals surface area (Å²) in [6, 6.07) is 5.69. The summed E-state index contributed by atoms with van der Waals surface area (Å²) in [5.74, 6) is -0.857. The zero-order valence-electron chi connectivity index (χ0n) is 15.6. The van der Waals surface area contributed by atoms with E-state index in [9.17, 15) is 14.0 Å². The summed E-state index contributed by atoms with van der Waals surface area (Å²) in [5, 5.41) is 6.17. The van der Waals surface area contributed by atoms with E-state index in [-0.39, 0.29) is 30.3 Å². The smallest absolute Gasteiger partial charge is 0.254 e. The number of amides is 2.